The average Bonchev–Trinajstić information content (AvgIpc) is 3.16. The molecule has 316 valence electrons. The number of alkyl carbamates (subject to hydrolysis) is 1. The Balaban J connectivity index is 1.26. The Labute approximate surface area is 336 Å². The molecule has 0 radical (unpaired) electrons. The smallest absolute Gasteiger partial charge is 0.407 e. The second-order valence-electron chi connectivity index (χ2n) is 16.9. The predicted molar refractivity (Wildman–Crippen MR) is 212 cm³/mol. The SMILES string of the molecule is C[C@H](NC(=O)[C@@H]1CCCC[C@@H]1NC(=O)OC(C)(C)C)C(=O)N[C@H]1CCCC[C@H]1C(=O)N[C@@H](C)C(=O)N[C@H]1CCCC[C@H]1C(=O)N[C@@H](C)C(=O)OCc1ccccc1. The number of rotatable bonds is 14. The van der Waals surface area contributed by atoms with Crippen LogP contribution in [0.3, 0.4) is 0 Å². The lowest BCUT2D eigenvalue weighted by Crippen LogP contribution is -2.57. The largest absolute Gasteiger partial charge is 0.459 e. The monoisotopic (exact) mass is 796 g/mol. The first-order chi connectivity index (χ1) is 27.0. The quantitative estimate of drug-likeness (QED) is 0.152. The summed E-state index contributed by atoms with van der Waals surface area (Å²) in [6, 6.07) is 5.18. The van der Waals surface area contributed by atoms with Gasteiger partial charge in [0, 0.05) is 18.1 Å². The first-order valence-electron chi connectivity index (χ1n) is 20.7. The predicted octanol–water partition coefficient (Wildman–Crippen LogP) is 3.68. The van der Waals surface area contributed by atoms with E-state index in [4.69, 9.17) is 9.47 Å². The Morgan fingerprint density at radius 1 is 0.579 bits per heavy atom. The van der Waals surface area contributed by atoms with Crippen LogP contribution in [-0.2, 0) is 44.8 Å². The summed E-state index contributed by atoms with van der Waals surface area (Å²) >= 11 is 0. The van der Waals surface area contributed by atoms with Crippen molar-refractivity contribution < 1.29 is 43.0 Å². The van der Waals surface area contributed by atoms with E-state index < -0.39 is 83.5 Å². The minimum absolute atomic E-state index is 0.0929. The van der Waals surface area contributed by atoms with Crippen molar-refractivity contribution in [1.29, 1.82) is 0 Å². The highest BCUT2D eigenvalue weighted by molar-refractivity contribution is 5.91. The van der Waals surface area contributed by atoms with Gasteiger partial charge in [0.15, 0.2) is 0 Å². The molecule has 0 bridgehead atoms. The molecule has 3 saturated carbocycles. The van der Waals surface area contributed by atoms with Crippen LogP contribution < -0.4 is 31.9 Å². The van der Waals surface area contributed by atoms with Gasteiger partial charge >= 0.3 is 12.1 Å². The number of amides is 6. The highest BCUT2D eigenvalue weighted by Gasteiger charge is 2.38. The number of ether oxygens (including phenoxy) is 2. The van der Waals surface area contributed by atoms with E-state index in [-0.39, 0.29) is 24.3 Å². The standard InChI is InChI=1S/C42H64N6O9/c1-25(35(49)47-33-22-14-11-19-30(33)39(53)45-27(3)40(54)56-24-28-16-8-7-9-17-28)43-37(51)29-18-10-13-21-32(29)46-36(50)26(2)44-38(52)31-20-12-15-23-34(31)48-41(55)57-42(4,5)6/h7-9,16-17,25-27,29-34H,10-15,18-24H2,1-6H3,(H,43,51)(H,44,52)(H,45,53)(H,46,50)(H,47,49)(H,48,55)/t25-,26-,27-,29+,30+,31+,32-,33-,34-/m0/s1. The van der Waals surface area contributed by atoms with Crippen LogP contribution in [0.15, 0.2) is 30.3 Å². The number of esters is 1. The third kappa shape index (κ3) is 14.0. The van der Waals surface area contributed by atoms with Crippen molar-refractivity contribution in [3.8, 4) is 0 Å². The minimum Gasteiger partial charge on any atom is -0.459 e. The number of nitrogens with one attached hydrogen (secondary N) is 6. The number of carbonyl (C=O) groups excluding carboxylic acids is 7. The van der Waals surface area contributed by atoms with Crippen molar-refractivity contribution in [2.75, 3.05) is 0 Å². The van der Waals surface area contributed by atoms with Gasteiger partial charge in [-0.2, -0.15) is 0 Å². The Kier molecular flexibility index (Phi) is 16.7. The van der Waals surface area contributed by atoms with Gasteiger partial charge in [0.05, 0.1) is 17.8 Å². The molecule has 0 aromatic heterocycles. The second-order valence-corrected chi connectivity index (χ2v) is 16.9. The summed E-state index contributed by atoms with van der Waals surface area (Å²) in [5.41, 5.74) is 0.156. The van der Waals surface area contributed by atoms with Crippen LogP contribution >= 0.6 is 0 Å². The molecule has 0 aliphatic heterocycles. The lowest BCUT2D eigenvalue weighted by atomic mass is 9.83. The summed E-state index contributed by atoms with van der Waals surface area (Å²) < 4.78 is 10.8. The van der Waals surface area contributed by atoms with Crippen molar-refractivity contribution in [2.45, 2.75) is 167 Å². The summed E-state index contributed by atoms with van der Waals surface area (Å²) in [4.78, 5) is 92.1. The third-order valence-electron chi connectivity index (χ3n) is 11.1. The van der Waals surface area contributed by atoms with Crippen molar-refractivity contribution in [2.24, 2.45) is 17.8 Å². The molecule has 0 heterocycles. The zero-order chi connectivity index (χ0) is 41.7. The summed E-state index contributed by atoms with van der Waals surface area (Å²) in [5.74, 6) is -4.11. The molecular weight excluding hydrogens is 732 g/mol. The molecule has 0 unspecified atom stereocenters. The maximum atomic E-state index is 13.6. The van der Waals surface area contributed by atoms with Gasteiger partial charge in [-0.1, -0.05) is 68.9 Å². The minimum atomic E-state index is -0.913. The van der Waals surface area contributed by atoms with Gasteiger partial charge in [-0.3, -0.25) is 24.0 Å². The average molecular weight is 797 g/mol. The van der Waals surface area contributed by atoms with Gasteiger partial charge in [0.25, 0.3) is 0 Å². The van der Waals surface area contributed by atoms with Crippen LogP contribution in [0.4, 0.5) is 4.79 Å². The van der Waals surface area contributed by atoms with Crippen LogP contribution in [0.1, 0.15) is 124 Å². The number of carbonyl (C=O) groups is 7. The van der Waals surface area contributed by atoms with Crippen LogP contribution in [0, 0.1) is 17.8 Å². The molecular formula is C42H64N6O9. The summed E-state index contributed by atoms with van der Waals surface area (Å²) in [6.07, 6.45) is 7.68. The zero-order valence-corrected chi connectivity index (χ0v) is 34.4. The third-order valence-corrected chi connectivity index (χ3v) is 11.1. The molecule has 3 fully saturated rings. The van der Waals surface area contributed by atoms with Gasteiger partial charge in [0.1, 0.15) is 30.3 Å². The molecule has 6 N–H and O–H groups in total. The van der Waals surface area contributed by atoms with E-state index in [1.54, 1.807) is 41.5 Å². The Bertz CT molecular complexity index is 1570. The summed E-state index contributed by atoms with van der Waals surface area (Å²) in [7, 11) is 0. The topological polar surface area (TPSA) is 210 Å². The Morgan fingerprint density at radius 2 is 0.965 bits per heavy atom. The molecule has 3 aliphatic rings. The molecule has 0 saturated heterocycles. The van der Waals surface area contributed by atoms with Crippen LogP contribution in [-0.4, -0.2) is 83.5 Å². The second kappa shape index (κ2) is 21.2. The lowest BCUT2D eigenvalue weighted by Gasteiger charge is -2.34. The van der Waals surface area contributed by atoms with E-state index in [2.05, 4.69) is 31.9 Å². The van der Waals surface area contributed by atoms with Crippen LogP contribution in [0.25, 0.3) is 0 Å². The number of hydrogen-bond acceptors (Lipinski definition) is 9. The molecule has 9 atom stereocenters. The fraction of sp³-hybridized carbons (Fsp3) is 0.690. The van der Waals surface area contributed by atoms with Crippen molar-refractivity contribution in [1.82, 2.24) is 31.9 Å². The van der Waals surface area contributed by atoms with Gasteiger partial charge in [-0.15, -0.1) is 0 Å². The van der Waals surface area contributed by atoms with E-state index in [0.717, 1.165) is 44.1 Å². The van der Waals surface area contributed by atoms with Gasteiger partial charge in [0.2, 0.25) is 29.5 Å². The molecule has 6 amide bonds. The number of hydrogen-bond donors (Lipinski definition) is 6. The van der Waals surface area contributed by atoms with Crippen molar-refractivity contribution in [3.63, 3.8) is 0 Å². The number of benzene rings is 1. The molecule has 1 aromatic carbocycles. The molecule has 0 spiro atoms. The van der Waals surface area contributed by atoms with Gasteiger partial charge < -0.3 is 41.4 Å². The first-order valence-corrected chi connectivity index (χ1v) is 20.7. The zero-order valence-electron chi connectivity index (χ0n) is 34.4. The van der Waals surface area contributed by atoms with Crippen molar-refractivity contribution in [3.05, 3.63) is 35.9 Å². The molecule has 15 heteroatoms. The van der Waals surface area contributed by atoms with Crippen LogP contribution in [0.2, 0.25) is 0 Å². The van der Waals surface area contributed by atoms with Gasteiger partial charge in [-0.05, 0) is 85.6 Å². The van der Waals surface area contributed by atoms with Crippen LogP contribution in [0.5, 0.6) is 0 Å². The highest BCUT2D eigenvalue weighted by Crippen LogP contribution is 2.28. The van der Waals surface area contributed by atoms with Crippen molar-refractivity contribution >= 4 is 41.6 Å². The summed E-state index contributed by atoms with van der Waals surface area (Å²) in [6.45, 7) is 10.1. The van der Waals surface area contributed by atoms with Gasteiger partial charge in [-0.25, -0.2) is 9.59 Å². The normalized spacial score (nSPS) is 25.2. The molecule has 4 rings (SSSR count). The first kappa shape index (κ1) is 45.0. The molecule has 15 nitrogen and oxygen atoms in total. The van der Waals surface area contributed by atoms with E-state index >= 15 is 0 Å². The molecule has 57 heavy (non-hydrogen) atoms. The maximum Gasteiger partial charge on any atom is 0.407 e. The summed E-state index contributed by atoms with van der Waals surface area (Å²) in [5, 5.41) is 17.2. The van der Waals surface area contributed by atoms with E-state index in [1.165, 1.54) is 0 Å². The molecule has 1 aromatic rings. The fourth-order valence-corrected chi connectivity index (χ4v) is 7.93. The highest BCUT2D eigenvalue weighted by atomic mass is 16.6. The van der Waals surface area contributed by atoms with E-state index in [1.807, 2.05) is 30.3 Å². The van der Waals surface area contributed by atoms with E-state index in [0.29, 0.717) is 38.5 Å². The molecule has 3 aliphatic carbocycles. The Morgan fingerprint density at radius 3 is 1.39 bits per heavy atom. The fourth-order valence-electron chi connectivity index (χ4n) is 7.93. The Hall–Kier alpha value is -4.69. The van der Waals surface area contributed by atoms with E-state index in [9.17, 15) is 33.6 Å². The lowest BCUT2D eigenvalue weighted by molar-refractivity contribution is -0.149. The maximum absolute atomic E-state index is 13.6.